The van der Waals surface area contributed by atoms with E-state index in [9.17, 15) is 0 Å². The standard InChI is InChI=1S/3C7H6N2/c1-2-6-3-5-9-7(6)8-4-1;1-2-4-7-6(3-1)8-5-9-7;1-2-4-7-6(3-1)5-8-9-7/h3*1-5H,(H,8,9). The smallest absolute Gasteiger partial charge is 0.137 e. The lowest BCUT2D eigenvalue weighted by Crippen LogP contribution is -1.70. The number of imidazole rings is 1. The topological polar surface area (TPSA) is 86.0 Å². The fourth-order valence-electron chi connectivity index (χ4n) is 2.65. The van der Waals surface area contributed by atoms with E-state index in [1.807, 2.05) is 79.1 Å². The zero-order valence-corrected chi connectivity index (χ0v) is 14.5. The number of nitrogens with zero attached hydrogens (tertiary/aromatic N) is 3. The molecule has 6 rings (SSSR count). The number of nitrogens with one attached hydrogen (secondary N) is 3. The van der Waals surface area contributed by atoms with Crippen LogP contribution in [0.1, 0.15) is 0 Å². The Bertz CT molecular complexity index is 1000. The average Bonchev–Trinajstić information content (AvgIpc) is 3.48. The predicted molar refractivity (Wildman–Crippen MR) is 108 cm³/mol. The average molecular weight is 354 g/mol. The molecule has 0 aliphatic heterocycles. The van der Waals surface area contributed by atoms with E-state index < -0.39 is 0 Å². The van der Waals surface area contributed by atoms with E-state index in [2.05, 4.69) is 30.1 Å². The quantitative estimate of drug-likeness (QED) is 0.370. The normalized spacial score (nSPS) is 10.2. The minimum absolute atomic E-state index is 0.956. The Morgan fingerprint density at radius 1 is 0.667 bits per heavy atom. The van der Waals surface area contributed by atoms with Gasteiger partial charge in [0.15, 0.2) is 0 Å². The first-order valence-electron chi connectivity index (χ1n) is 8.54. The van der Waals surface area contributed by atoms with E-state index >= 15 is 0 Å². The van der Waals surface area contributed by atoms with Gasteiger partial charge >= 0.3 is 0 Å². The fraction of sp³-hybridized carbons (Fsp3) is 0. The molecule has 3 N–H and O–H groups in total. The van der Waals surface area contributed by atoms with Gasteiger partial charge in [-0.15, -0.1) is 0 Å². The van der Waals surface area contributed by atoms with Gasteiger partial charge in [-0.05, 0) is 36.4 Å². The summed E-state index contributed by atoms with van der Waals surface area (Å²) < 4.78 is 0. The largest absolute Gasteiger partial charge is 0.346 e. The van der Waals surface area contributed by atoms with Gasteiger partial charge in [-0.1, -0.05) is 30.3 Å². The van der Waals surface area contributed by atoms with E-state index in [0.29, 0.717) is 0 Å². The van der Waals surface area contributed by atoms with Crippen LogP contribution >= 0.6 is 0 Å². The molecule has 0 radical (unpaired) electrons. The molecule has 0 aliphatic rings. The van der Waals surface area contributed by atoms with Crippen LogP contribution in [0.15, 0.2) is 91.6 Å². The third kappa shape index (κ3) is 4.01. The number of aromatic nitrogens is 6. The number of hydrogen-bond donors (Lipinski definition) is 3. The first-order chi connectivity index (χ1) is 13.4. The van der Waals surface area contributed by atoms with Crippen molar-refractivity contribution < 1.29 is 0 Å². The molecule has 4 aromatic heterocycles. The number of H-pyrrole nitrogens is 3. The number of rotatable bonds is 0. The summed E-state index contributed by atoms with van der Waals surface area (Å²) in [5, 5.41) is 9.07. The van der Waals surface area contributed by atoms with E-state index in [0.717, 1.165) is 33.0 Å². The molecule has 0 unspecified atom stereocenters. The zero-order valence-electron chi connectivity index (χ0n) is 14.5. The second kappa shape index (κ2) is 7.97. The summed E-state index contributed by atoms with van der Waals surface area (Å²) in [6.45, 7) is 0. The van der Waals surface area contributed by atoms with Crippen LogP contribution in [0.2, 0.25) is 0 Å². The van der Waals surface area contributed by atoms with Gasteiger partial charge in [0.25, 0.3) is 0 Å². The van der Waals surface area contributed by atoms with Gasteiger partial charge in [0.1, 0.15) is 5.65 Å². The molecule has 6 aromatic rings. The summed E-state index contributed by atoms with van der Waals surface area (Å²) >= 11 is 0. The Morgan fingerprint density at radius 3 is 2.33 bits per heavy atom. The number of pyridine rings is 1. The Kier molecular flexibility index (Phi) is 4.88. The van der Waals surface area contributed by atoms with Gasteiger partial charge < -0.3 is 9.97 Å². The lowest BCUT2D eigenvalue weighted by molar-refractivity contribution is 1.12. The molecule has 0 saturated carbocycles. The summed E-state index contributed by atoms with van der Waals surface area (Å²) in [5.41, 5.74) is 4.17. The number of para-hydroxylation sites is 3. The molecule has 0 bridgehead atoms. The van der Waals surface area contributed by atoms with Gasteiger partial charge in [-0.25, -0.2) is 9.97 Å². The Balaban J connectivity index is 0.0000001000. The number of aromatic amines is 3. The van der Waals surface area contributed by atoms with Crippen LogP contribution in [0.5, 0.6) is 0 Å². The Labute approximate surface area is 155 Å². The molecule has 0 aliphatic carbocycles. The SMILES string of the molecule is c1ccc2[nH]cnc2c1.c1ccc2[nH]ncc2c1.c1cnc2[nH]ccc2c1. The van der Waals surface area contributed by atoms with E-state index in [-0.39, 0.29) is 0 Å². The van der Waals surface area contributed by atoms with Crippen molar-refractivity contribution in [3.8, 4) is 0 Å². The molecule has 132 valence electrons. The van der Waals surface area contributed by atoms with E-state index in [1.54, 1.807) is 12.5 Å². The minimum Gasteiger partial charge on any atom is -0.346 e. The molecule has 6 nitrogen and oxygen atoms in total. The molecule has 0 spiro atoms. The molecule has 0 fully saturated rings. The van der Waals surface area contributed by atoms with Crippen LogP contribution in [0.4, 0.5) is 0 Å². The highest BCUT2D eigenvalue weighted by Crippen LogP contribution is 2.07. The minimum atomic E-state index is 0.956. The number of benzene rings is 2. The van der Waals surface area contributed by atoms with Crippen LogP contribution in [-0.4, -0.2) is 30.1 Å². The van der Waals surface area contributed by atoms with E-state index in [4.69, 9.17) is 0 Å². The van der Waals surface area contributed by atoms with Gasteiger partial charge in [-0.3, -0.25) is 5.10 Å². The van der Waals surface area contributed by atoms with Crippen LogP contribution in [0.3, 0.4) is 0 Å². The number of fused-ring (bicyclic) bond motifs is 3. The maximum atomic E-state index is 4.09. The van der Waals surface area contributed by atoms with Crippen LogP contribution in [0, 0.1) is 0 Å². The van der Waals surface area contributed by atoms with Gasteiger partial charge in [0.05, 0.1) is 29.1 Å². The third-order valence-corrected chi connectivity index (χ3v) is 4.00. The maximum absolute atomic E-state index is 4.09. The number of hydrogen-bond acceptors (Lipinski definition) is 3. The summed E-state index contributed by atoms with van der Waals surface area (Å²) in [7, 11) is 0. The Hall–Kier alpha value is -3.93. The molecule has 4 heterocycles. The molecule has 27 heavy (non-hydrogen) atoms. The van der Waals surface area contributed by atoms with Crippen molar-refractivity contribution in [1.82, 2.24) is 30.1 Å². The summed E-state index contributed by atoms with van der Waals surface area (Å²) in [4.78, 5) is 14.2. The monoisotopic (exact) mass is 354 g/mol. The van der Waals surface area contributed by atoms with Gasteiger partial charge in [0.2, 0.25) is 0 Å². The second-order valence-electron chi connectivity index (χ2n) is 5.80. The molecule has 0 saturated heterocycles. The highest BCUT2D eigenvalue weighted by atomic mass is 15.1. The first kappa shape index (κ1) is 16.5. The summed E-state index contributed by atoms with van der Waals surface area (Å²) in [5.74, 6) is 0. The highest BCUT2D eigenvalue weighted by molar-refractivity contribution is 5.77. The maximum Gasteiger partial charge on any atom is 0.137 e. The molecule has 0 atom stereocenters. The lowest BCUT2D eigenvalue weighted by Gasteiger charge is -1.82. The van der Waals surface area contributed by atoms with Crippen LogP contribution in [0.25, 0.3) is 33.0 Å². The van der Waals surface area contributed by atoms with E-state index in [1.165, 1.54) is 0 Å². The summed E-state index contributed by atoms with van der Waals surface area (Å²) in [6, 6.07) is 21.9. The molecular formula is C21H18N6. The molecule has 2 aromatic carbocycles. The second-order valence-corrected chi connectivity index (χ2v) is 5.80. The van der Waals surface area contributed by atoms with Crippen molar-refractivity contribution in [3.05, 3.63) is 91.6 Å². The van der Waals surface area contributed by atoms with Gasteiger partial charge in [-0.2, -0.15) is 5.10 Å². The first-order valence-corrected chi connectivity index (χ1v) is 8.54. The Morgan fingerprint density at radius 2 is 1.48 bits per heavy atom. The van der Waals surface area contributed by atoms with Crippen molar-refractivity contribution >= 4 is 33.0 Å². The van der Waals surface area contributed by atoms with Crippen molar-refractivity contribution in [2.75, 3.05) is 0 Å². The van der Waals surface area contributed by atoms with Crippen molar-refractivity contribution in [2.45, 2.75) is 0 Å². The summed E-state index contributed by atoms with van der Waals surface area (Å²) in [6.07, 6.45) is 7.18. The van der Waals surface area contributed by atoms with Crippen LogP contribution < -0.4 is 0 Å². The van der Waals surface area contributed by atoms with Crippen molar-refractivity contribution in [3.63, 3.8) is 0 Å². The lowest BCUT2D eigenvalue weighted by atomic mass is 10.3. The predicted octanol–water partition coefficient (Wildman–Crippen LogP) is 4.69. The fourth-order valence-corrected chi connectivity index (χ4v) is 2.65. The highest BCUT2D eigenvalue weighted by Gasteiger charge is 1.89. The molecular weight excluding hydrogens is 336 g/mol. The third-order valence-electron chi connectivity index (χ3n) is 4.00. The zero-order chi connectivity index (χ0) is 18.3. The van der Waals surface area contributed by atoms with Crippen molar-refractivity contribution in [2.24, 2.45) is 0 Å². The van der Waals surface area contributed by atoms with Gasteiger partial charge in [0, 0.05) is 23.2 Å². The van der Waals surface area contributed by atoms with Crippen LogP contribution in [-0.2, 0) is 0 Å². The van der Waals surface area contributed by atoms with Crippen molar-refractivity contribution in [1.29, 1.82) is 0 Å². The molecule has 6 heteroatoms. The molecule has 0 amide bonds.